The Bertz CT molecular complexity index is 418. The second-order valence-electron chi connectivity index (χ2n) is 4.97. The molecule has 1 heterocycles. The quantitative estimate of drug-likeness (QED) is 0.443. The number of hydrazine groups is 1. The zero-order valence-corrected chi connectivity index (χ0v) is 11.3. The highest BCUT2D eigenvalue weighted by molar-refractivity contribution is 5.42. The molecule has 1 aromatic rings. The average molecular weight is 267 g/mol. The molecule has 1 saturated carbocycles. The van der Waals surface area contributed by atoms with E-state index in [2.05, 4.69) is 25.7 Å². The zero-order valence-electron chi connectivity index (χ0n) is 11.3. The highest BCUT2D eigenvalue weighted by atomic mass is 16.3. The van der Waals surface area contributed by atoms with Gasteiger partial charge in [-0.3, -0.25) is 5.43 Å². The number of aromatic nitrogens is 3. The molecule has 106 valence electrons. The van der Waals surface area contributed by atoms with Crippen molar-refractivity contribution in [2.24, 2.45) is 5.84 Å². The zero-order chi connectivity index (χ0) is 13.8. The van der Waals surface area contributed by atoms with E-state index in [0.717, 1.165) is 25.7 Å². The number of nitrogens with two attached hydrogens (primary N) is 1. The molecule has 19 heavy (non-hydrogen) atoms. The predicted octanol–water partition coefficient (Wildman–Crippen LogP) is -0.0614. The third-order valence-electron chi connectivity index (χ3n) is 3.18. The van der Waals surface area contributed by atoms with Gasteiger partial charge < -0.3 is 15.3 Å². The monoisotopic (exact) mass is 267 g/mol. The lowest BCUT2D eigenvalue weighted by Crippen LogP contribution is -2.29. The third-order valence-corrected chi connectivity index (χ3v) is 3.18. The maximum atomic E-state index is 9.49. The summed E-state index contributed by atoms with van der Waals surface area (Å²) < 4.78 is 0. The van der Waals surface area contributed by atoms with Crippen molar-refractivity contribution >= 4 is 17.8 Å². The number of hydrogen-bond acceptors (Lipinski definition) is 8. The van der Waals surface area contributed by atoms with E-state index in [9.17, 15) is 5.11 Å². The van der Waals surface area contributed by atoms with Crippen LogP contribution in [0, 0.1) is 0 Å². The molecular weight excluding hydrogens is 246 g/mol. The summed E-state index contributed by atoms with van der Waals surface area (Å²) in [6.07, 6.45) is 3.27. The van der Waals surface area contributed by atoms with Crippen LogP contribution in [0.4, 0.5) is 17.8 Å². The Morgan fingerprint density at radius 2 is 1.74 bits per heavy atom. The van der Waals surface area contributed by atoms with E-state index in [1.807, 2.05) is 14.1 Å². The second kappa shape index (κ2) is 5.98. The fourth-order valence-electron chi connectivity index (χ4n) is 2.10. The maximum absolute atomic E-state index is 9.49. The number of aliphatic hydroxyl groups is 1. The molecule has 8 nitrogen and oxygen atoms in total. The van der Waals surface area contributed by atoms with E-state index in [1.54, 1.807) is 4.90 Å². The van der Waals surface area contributed by atoms with Gasteiger partial charge in [-0.05, 0) is 25.7 Å². The van der Waals surface area contributed by atoms with Gasteiger partial charge in [0.25, 0.3) is 0 Å². The van der Waals surface area contributed by atoms with Gasteiger partial charge in [0, 0.05) is 20.1 Å². The molecule has 8 heteroatoms. The highest BCUT2D eigenvalue weighted by Crippen LogP contribution is 2.21. The van der Waals surface area contributed by atoms with Crippen LogP contribution in [0.25, 0.3) is 0 Å². The van der Waals surface area contributed by atoms with Crippen molar-refractivity contribution in [3.05, 3.63) is 0 Å². The summed E-state index contributed by atoms with van der Waals surface area (Å²) in [6.45, 7) is 0. The lowest BCUT2D eigenvalue weighted by atomic mass is 9.93. The Labute approximate surface area is 112 Å². The minimum Gasteiger partial charge on any atom is -0.393 e. The maximum Gasteiger partial charge on any atom is 0.243 e. The topological polar surface area (TPSA) is 112 Å². The average Bonchev–Trinajstić information content (AvgIpc) is 2.41. The molecule has 5 N–H and O–H groups in total. The van der Waals surface area contributed by atoms with E-state index < -0.39 is 0 Å². The molecule has 0 radical (unpaired) electrons. The largest absolute Gasteiger partial charge is 0.393 e. The van der Waals surface area contributed by atoms with Crippen LogP contribution in [0.1, 0.15) is 25.7 Å². The van der Waals surface area contributed by atoms with E-state index in [-0.39, 0.29) is 12.1 Å². The van der Waals surface area contributed by atoms with Gasteiger partial charge in [0.2, 0.25) is 17.8 Å². The van der Waals surface area contributed by atoms with E-state index in [4.69, 9.17) is 5.84 Å². The lowest BCUT2D eigenvalue weighted by Gasteiger charge is -2.26. The molecule has 0 spiro atoms. The van der Waals surface area contributed by atoms with Crippen molar-refractivity contribution in [3.63, 3.8) is 0 Å². The van der Waals surface area contributed by atoms with Crippen molar-refractivity contribution in [2.45, 2.75) is 37.8 Å². The summed E-state index contributed by atoms with van der Waals surface area (Å²) in [5.74, 6) is 6.74. The molecule has 0 amide bonds. The number of nitrogens with one attached hydrogen (secondary N) is 2. The number of nitrogens with zero attached hydrogens (tertiary/aromatic N) is 4. The predicted molar refractivity (Wildman–Crippen MR) is 73.8 cm³/mol. The highest BCUT2D eigenvalue weighted by Gasteiger charge is 2.20. The molecule has 0 bridgehead atoms. The van der Waals surface area contributed by atoms with Gasteiger partial charge in [-0.15, -0.1) is 0 Å². The van der Waals surface area contributed by atoms with Crippen molar-refractivity contribution in [2.75, 3.05) is 29.7 Å². The van der Waals surface area contributed by atoms with Crippen molar-refractivity contribution < 1.29 is 5.11 Å². The van der Waals surface area contributed by atoms with Crippen LogP contribution in [0.15, 0.2) is 0 Å². The summed E-state index contributed by atoms with van der Waals surface area (Å²) in [5, 5.41) is 12.8. The molecule has 0 unspecified atom stereocenters. The molecule has 0 saturated heterocycles. The summed E-state index contributed by atoms with van der Waals surface area (Å²) in [4.78, 5) is 14.5. The Morgan fingerprint density at radius 3 is 2.32 bits per heavy atom. The third kappa shape index (κ3) is 3.65. The number of hydrogen-bond donors (Lipinski definition) is 4. The summed E-state index contributed by atoms with van der Waals surface area (Å²) in [7, 11) is 3.72. The number of anilines is 3. The molecule has 1 aliphatic rings. The molecule has 2 rings (SSSR count). The summed E-state index contributed by atoms with van der Waals surface area (Å²) in [6, 6.07) is 0.284. The fraction of sp³-hybridized carbons (Fsp3) is 0.727. The fourth-order valence-corrected chi connectivity index (χ4v) is 2.10. The van der Waals surface area contributed by atoms with Gasteiger partial charge in [0.05, 0.1) is 6.10 Å². The van der Waals surface area contributed by atoms with Gasteiger partial charge >= 0.3 is 0 Å². The first kappa shape index (κ1) is 13.8. The van der Waals surface area contributed by atoms with Gasteiger partial charge in [-0.2, -0.15) is 15.0 Å². The van der Waals surface area contributed by atoms with Gasteiger partial charge in [-0.25, -0.2) is 5.84 Å². The minimum absolute atomic E-state index is 0.171. The van der Waals surface area contributed by atoms with Crippen LogP contribution in [0.2, 0.25) is 0 Å². The first-order valence-electron chi connectivity index (χ1n) is 6.43. The standard InChI is InChI=1S/C11H21N7O/c1-18(2)11-15-9(14-10(16-11)17-12)13-7-3-5-8(19)6-4-7/h7-8,19H,3-6,12H2,1-2H3,(H2,13,14,15,16,17). The van der Waals surface area contributed by atoms with Gasteiger partial charge in [-0.1, -0.05) is 0 Å². The van der Waals surface area contributed by atoms with Crippen LogP contribution in [-0.2, 0) is 0 Å². The van der Waals surface area contributed by atoms with E-state index in [1.165, 1.54) is 0 Å². The molecule has 1 aromatic heterocycles. The smallest absolute Gasteiger partial charge is 0.243 e. The number of nitrogen functional groups attached to an aromatic ring is 1. The molecular formula is C11H21N7O. The molecule has 0 atom stereocenters. The Balaban J connectivity index is 2.08. The number of rotatable bonds is 4. The normalized spacial score (nSPS) is 22.9. The van der Waals surface area contributed by atoms with Crippen LogP contribution < -0.4 is 21.5 Å². The summed E-state index contributed by atoms with van der Waals surface area (Å²) in [5.41, 5.74) is 2.44. The first-order valence-corrected chi connectivity index (χ1v) is 6.43. The second-order valence-corrected chi connectivity index (χ2v) is 4.97. The van der Waals surface area contributed by atoms with Crippen LogP contribution in [0.5, 0.6) is 0 Å². The SMILES string of the molecule is CN(C)c1nc(NN)nc(NC2CCC(O)CC2)n1. The molecule has 1 aliphatic carbocycles. The summed E-state index contributed by atoms with van der Waals surface area (Å²) >= 11 is 0. The van der Waals surface area contributed by atoms with Crippen LogP contribution in [0.3, 0.4) is 0 Å². The lowest BCUT2D eigenvalue weighted by molar-refractivity contribution is 0.126. The van der Waals surface area contributed by atoms with Crippen molar-refractivity contribution in [3.8, 4) is 0 Å². The van der Waals surface area contributed by atoms with Crippen LogP contribution >= 0.6 is 0 Å². The Hall–Kier alpha value is -1.67. The van der Waals surface area contributed by atoms with Gasteiger partial charge in [0.15, 0.2) is 0 Å². The number of aliphatic hydroxyl groups excluding tert-OH is 1. The molecule has 1 fully saturated rings. The molecule has 0 aromatic carbocycles. The van der Waals surface area contributed by atoms with E-state index in [0.29, 0.717) is 17.8 Å². The van der Waals surface area contributed by atoms with Crippen molar-refractivity contribution in [1.82, 2.24) is 15.0 Å². The van der Waals surface area contributed by atoms with E-state index >= 15 is 0 Å². The first-order chi connectivity index (χ1) is 9.08. The van der Waals surface area contributed by atoms with Gasteiger partial charge in [0.1, 0.15) is 0 Å². The van der Waals surface area contributed by atoms with Crippen LogP contribution in [-0.4, -0.2) is 46.3 Å². The Kier molecular flexibility index (Phi) is 4.33. The minimum atomic E-state index is -0.171. The molecule has 0 aliphatic heterocycles. The Morgan fingerprint density at radius 1 is 1.11 bits per heavy atom. The van der Waals surface area contributed by atoms with Crippen molar-refractivity contribution in [1.29, 1.82) is 0 Å².